The third-order valence-electron chi connectivity index (χ3n) is 4.39. The number of amides is 2. The molecular formula is C18H24N4O. The quantitative estimate of drug-likeness (QED) is 0.885. The van der Waals surface area contributed by atoms with Gasteiger partial charge in [-0.15, -0.1) is 0 Å². The number of carbonyl (C=O) groups is 1. The highest BCUT2D eigenvalue weighted by Crippen LogP contribution is 2.22. The molecule has 0 aliphatic heterocycles. The summed E-state index contributed by atoms with van der Waals surface area (Å²) in [5.74, 6) is 0.644. The lowest BCUT2D eigenvalue weighted by atomic mass is 9.89. The summed E-state index contributed by atoms with van der Waals surface area (Å²) in [5, 5.41) is 10.1. The Bertz CT molecular complexity index is 600. The Morgan fingerprint density at radius 2 is 1.96 bits per heavy atom. The second-order valence-electron chi connectivity index (χ2n) is 6.24. The zero-order chi connectivity index (χ0) is 15.9. The zero-order valence-electron chi connectivity index (χ0n) is 13.4. The van der Waals surface area contributed by atoms with Gasteiger partial charge in [-0.3, -0.25) is 4.68 Å². The third kappa shape index (κ3) is 4.84. The standard InChI is InChI=1S/C18H24N4O/c23-18(19-13-15-5-2-1-3-6-15)21-17-9-7-16(8-10-17)14-22-12-4-11-20-22/h4,7-12,15H,1-3,5-6,13-14H2,(H2,19,21,23). The number of benzene rings is 1. The molecule has 2 amide bonds. The Balaban J connectivity index is 1.44. The molecule has 122 valence electrons. The van der Waals surface area contributed by atoms with Crippen LogP contribution in [0.1, 0.15) is 37.7 Å². The summed E-state index contributed by atoms with van der Waals surface area (Å²) >= 11 is 0. The first-order valence-electron chi connectivity index (χ1n) is 8.41. The van der Waals surface area contributed by atoms with Gasteiger partial charge in [0.15, 0.2) is 0 Å². The summed E-state index contributed by atoms with van der Waals surface area (Å²) in [6, 6.07) is 9.68. The minimum Gasteiger partial charge on any atom is -0.338 e. The molecule has 1 heterocycles. The van der Waals surface area contributed by atoms with Crippen LogP contribution in [0.5, 0.6) is 0 Å². The molecule has 1 aromatic carbocycles. The van der Waals surface area contributed by atoms with Crippen LogP contribution in [0, 0.1) is 5.92 Å². The lowest BCUT2D eigenvalue weighted by molar-refractivity contribution is 0.247. The Morgan fingerprint density at radius 1 is 1.17 bits per heavy atom. The maximum atomic E-state index is 12.0. The van der Waals surface area contributed by atoms with Crippen LogP contribution in [-0.2, 0) is 6.54 Å². The minimum atomic E-state index is -0.115. The van der Waals surface area contributed by atoms with Gasteiger partial charge in [-0.05, 0) is 42.5 Å². The Kier molecular flexibility index (Phi) is 5.29. The van der Waals surface area contributed by atoms with E-state index < -0.39 is 0 Å². The van der Waals surface area contributed by atoms with Crippen molar-refractivity contribution in [1.29, 1.82) is 0 Å². The number of rotatable bonds is 5. The van der Waals surface area contributed by atoms with Crippen molar-refractivity contribution in [2.45, 2.75) is 38.6 Å². The largest absolute Gasteiger partial charge is 0.338 e. The highest BCUT2D eigenvalue weighted by Gasteiger charge is 2.14. The topological polar surface area (TPSA) is 59.0 Å². The predicted molar refractivity (Wildman–Crippen MR) is 91.4 cm³/mol. The van der Waals surface area contributed by atoms with Crippen molar-refractivity contribution in [3.63, 3.8) is 0 Å². The zero-order valence-corrected chi connectivity index (χ0v) is 13.4. The number of aromatic nitrogens is 2. The normalized spacial score (nSPS) is 15.3. The van der Waals surface area contributed by atoms with Gasteiger partial charge in [0.2, 0.25) is 0 Å². The number of nitrogens with one attached hydrogen (secondary N) is 2. The molecule has 1 aliphatic carbocycles. The molecule has 1 aromatic heterocycles. The van der Waals surface area contributed by atoms with E-state index in [1.807, 2.05) is 41.2 Å². The van der Waals surface area contributed by atoms with Gasteiger partial charge in [-0.1, -0.05) is 31.4 Å². The lowest BCUT2D eigenvalue weighted by Gasteiger charge is -2.21. The molecule has 0 atom stereocenters. The molecule has 2 aromatic rings. The van der Waals surface area contributed by atoms with Crippen LogP contribution in [0.15, 0.2) is 42.7 Å². The number of nitrogens with zero attached hydrogens (tertiary/aromatic N) is 2. The molecule has 5 nitrogen and oxygen atoms in total. The lowest BCUT2D eigenvalue weighted by Crippen LogP contribution is -2.33. The van der Waals surface area contributed by atoms with Crippen molar-refractivity contribution in [1.82, 2.24) is 15.1 Å². The van der Waals surface area contributed by atoms with Crippen LogP contribution in [0.25, 0.3) is 0 Å². The Hall–Kier alpha value is -2.30. The van der Waals surface area contributed by atoms with E-state index in [1.54, 1.807) is 6.20 Å². The van der Waals surface area contributed by atoms with E-state index >= 15 is 0 Å². The van der Waals surface area contributed by atoms with E-state index in [1.165, 1.54) is 32.1 Å². The van der Waals surface area contributed by atoms with Gasteiger partial charge in [0.25, 0.3) is 0 Å². The summed E-state index contributed by atoms with van der Waals surface area (Å²) in [4.78, 5) is 12.0. The van der Waals surface area contributed by atoms with Crippen LogP contribution in [-0.4, -0.2) is 22.4 Å². The maximum Gasteiger partial charge on any atom is 0.319 e. The van der Waals surface area contributed by atoms with Crippen molar-refractivity contribution >= 4 is 11.7 Å². The molecule has 0 spiro atoms. The van der Waals surface area contributed by atoms with E-state index in [9.17, 15) is 4.79 Å². The number of carbonyl (C=O) groups excluding carboxylic acids is 1. The van der Waals surface area contributed by atoms with Gasteiger partial charge in [-0.2, -0.15) is 5.10 Å². The summed E-state index contributed by atoms with van der Waals surface area (Å²) < 4.78 is 1.87. The van der Waals surface area contributed by atoms with Gasteiger partial charge >= 0.3 is 6.03 Å². The first-order chi connectivity index (χ1) is 11.3. The number of hydrogen-bond acceptors (Lipinski definition) is 2. The van der Waals surface area contributed by atoms with Crippen LogP contribution in [0.3, 0.4) is 0 Å². The van der Waals surface area contributed by atoms with E-state index in [2.05, 4.69) is 15.7 Å². The van der Waals surface area contributed by atoms with Crippen LogP contribution >= 0.6 is 0 Å². The Labute approximate surface area is 137 Å². The second-order valence-corrected chi connectivity index (χ2v) is 6.24. The molecule has 1 fully saturated rings. The SMILES string of the molecule is O=C(NCC1CCCCC1)Nc1ccc(Cn2cccn2)cc1. The van der Waals surface area contributed by atoms with Gasteiger partial charge in [0, 0.05) is 24.6 Å². The van der Waals surface area contributed by atoms with Crippen molar-refractivity contribution in [2.24, 2.45) is 5.92 Å². The average molecular weight is 312 g/mol. The van der Waals surface area contributed by atoms with E-state index in [0.717, 1.165) is 24.3 Å². The summed E-state index contributed by atoms with van der Waals surface area (Å²) in [5.41, 5.74) is 1.97. The van der Waals surface area contributed by atoms with Crippen molar-refractivity contribution in [2.75, 3.05) is 11.9 Å². The monoisotopic (exact) mass is 312 g/mol. The fourth-order valence-electron chi connectivity index (χ4n) is 3.08. The summed E-state index contributed by atoms with van der Waals surface area (Å²) in [6.07, 6.45) is 10.1. The second kappa shape index (κ2) is 7.81. The molecule has 0 unspecified atom stereocenters. The molecule has 0 radical (unpaired) electrons. The fourth-order valence-corrected chi connectivity index (χ4v) is 3.08. The van der Waals surface area contributed by atoms with Crippen molar-refractivity contribution in [3.8, 4) is 0 Å². The van der Waals surface area contributed by atoms with E-state index in [-0.39, 0.29) is 6.03 Å². The fraction of sp³-hybridized carbons (Fsp3) is 0.444. The van der Waals surface area contributed by atoms with E-state index in [4.69, 9.17) is 0 Å². The van der Waals surface area contributed by atoms with E-state index in [0.29, 0.717) is 5.92 Å². The maximum absolute atomic E-state index is 12.0. The number of hydrogen-bond donors (Lipinski definition) is 2. The third-order valence-corrected chi connectivity index (χ3v) is 4.39. The predicted octanol–water partition coefficient (Wildman–Crippen LogP) is 3.63. The molecule has 1 aliphatic rings. The van der Waals surface area contributed by atoms with Crippen molar-refractivity contribution < 1.29 is 4.79 Å². The summed E-state index contributed by atoms with van der Waals surface area (Å²) in [7, 11) is 0. The van der Waals surface area contributed by atoms with Crippen LogP contribution in [0.2, 0.25) is 0 Å². The summed E-state index contributed by atoms with van der Waals surface area (Å²) in [6.45, 7) is 1.52. The molecule has 5 heteroatoms. The molecule has 0 saturated heterocycles. The van der Waals surface area contributed by atoms with Crippen molar-refractivity contribution in [3.05, 3.63) is 48.3 Å². The van der Waals surface area contributed by atoms with Gasteiger partial charge in [0.05, 0.1) is 6.54 Å². The first kappa shape index (κ1) is 15.6. The van der Waals surface area contributed by atoms with Gasteiger partial charge in [-0.25, -0.2) is 4.79 Å². The minimum absolute atomic E-state index is 0.115. The Morgan fingerprint density at radius 3 is 2.65 bits per heavy atom. The molecule has 3 rings (SSSR count). The van der Waals surface area contributed by atoms with Crippen LogP contribution in [0.4, 0.5) is 10.5 Å². The molecule has 23 heavy (non-hydrogen) atoms. The average Bonchev–Trinajstić information content (AvgIpc) is 3.09. The first-order valence-corrected chi connectivity index (χ1v) is 8.41. The molecule has 1 saturated carbocycles. The molecule has 2 N–H and O–H groups in total. The highest BCUT2D eigenvalue weighted by atomic mass is 16.2. The van der Waals surface area contributed by atoms with Crippen LogP contribution < -0.4 is 10.6 Å². The molecular weight excluding hydrogens is 288 g/mol. The number of anilines is 1. The van der Waals surface area contributed by atoms with Gasteiger partial charge < -0.3 is 10.6 Å². The molecule has 0 bridgehead atoms. The smallest absolute Gasteiger partial charge is 0.319 e. The number of urea groups is 1. The highest BCUT2D eigenvalue weighted by molar-refractivity contribution is 5.89. The van der Waals surface area contributed by atoms with Gasteiger partial charge in [0.1, 0.15) is 0 Å².